The van der Waals surface area contributed by atoms with Gasteiger partial charge in [0.1, 0.15) is 5.82 Å². The third kappa shape index (κ3) is 1.49. The van der Waals surface area contributed by atoms with Crippen LogP contribution in [0.4, 0.5) is 0 Å². The molecule has 1 aromatic rings. The second-order valence-electron chi connectivity index (χ2n) is 2.88. The van der Waals surface area contributed by atoms with E-state index in [0.717, 1.165) is 18.9 Å². The Hall–Kier alpha value is -1.51. The molecule has 1 radical (unpaired) electrons. The molecule has 0 fully saturated rings. The van der Waals surface area contributed by atoms with Crippen LogP contribution in [0.15, 0.2) is 30.6 Å². The summed E-state index contributed by atoms with van der Waals surface area (Å²) in [5.41, 5.74) is 0. The molecule has 0 unspecified atom stereocenters. The van der Waals surface area contributed by atoms with Crippen molar-refractivity contribution in [1.29, 1.82) is 0 Å². The first-order valence-corrected chi connectivity index (χ1v) is 4.44. The van der Waals surface area contributed by atoms with Crippen molar-refractivity contribution in [3.8, 4) is 0 Å². The van der Waals surface area contributed by atoms with Gasteiger partial charge in [-0.3, -0.25) is 0 Å². The van der Waals surface area contributed by atoms with Gasteiger partial charge in [-0.1, -0.05) is 12.2 Å². The van der Waals surface area contributed by atoms with Crippen LogP contribution in [0.5, 0.6) is 0 Å². The summed E-state index contributed by atoms with van der Waals surface area (Å²) in [6.45, 7) is 4.10. The zero-order valence-electron chi connectivity index (χ0n) is 7.64. The van der Waals surface area contributed by atoms with E-state index in [9.17, 15) is 0 Å². The fraction of sp³-hybridized carbons (Fsp3) is 0.300. The van der Waals surface area contributed by atoms with Crippen molar-refractivity contribution < 1.29 is 0 Å². The van der Waals surface area contributed by atoms with Crippen molar-refractivity contribution in [1.82, 2.24) is 14.7 Å². The molecule has 0 spiro atoms. The molecule has 0 saturated heterocycles. The van der Waals surface area contributed by atoms with Crippen molar-refractivity contribution >= 4 is 5.82 Å². The molecule has 0 N–H and O–H groups in total. The first-order valence-electron chi connectivity index (χ1n) is 4.44. The molecular weight excluding hydrogens is 162 g/mol. The molecule has 0 atom stereocenters. The zero-order chi connectivity index (χ0) is 9.10. The zero-order valence-corrected chi connectivity index (χ0v) is 7.64. The van der Waals surface area contributed by atoms with Gasteiger partial charge in [-0.15, -0.1) is 0 Å². The Labute approximate surface area is 78.0 Å². The topological polar surface area (TPSA) is 21.1 Å². The van der Waals surface area contributed by atoms with Gasteiger partial charge < -0.3 is 4.90 Å². The van der Waals surface area contributed by atoms with Crippen LogP contribution < -0.4 is 0 Å². The normalized spacial score (nSPS) is 16.1. The maximum Gasteiger partial charge on any atom is 0.130 e. The molecule has 1 aliphatic rings. The van der Waals surface area contributed by atoms with Gasteiger partial charge in [-0.25, -0.2) is 4.68 Å². The highest BCUT2D eigenvalue weighted by atomic mass is 15.4. The van der Waals surface area contributed by atoms with Crippen molar-refractivity contribution in [2.24, 2.45) is 0 Å². The molecule has 0 amide bonds. The number of hydrogen-bond donors (Lipinski definition) is 0. The molecule has 1 aromatic heterocycles. The Kier molecular flexibility index (Phi) is 2.17. The van der Waals surface area contributed by atoms with Gasteiger partial charge in [-0.05, 0) is 13.0 Å². The van der Waals surface area contributed by atoms with Crippen LogP contribution in [0, 0.1) is 6.07 Å². The lowest BCUT2D eigenvalue weighted by Crippen LogP contribution is -2.27. The van der Waals surface area contributed by atoms with Crippen LogP contribution in [0.1, 0.15) is 6.92 Å². The molecule has 1 aliphatic heterocycles. The van der Waals surface area contributed by atoms with Gasteiger partial charge in [0.25, 0.3) is 0 Å². The predicted octanol–water partition coefficient (Wildman–Crippen LogP) is 1.37. The van der Waals surface area contributed by atoms with Gasteiger partial charge in [-0.2, -0.15) is 5.10 Å². The molecule has 0 bridgehead atoms. The molecular formula is C10H12N3. The number of allylic oxidation sites excluding steroid dienone is 2. The Morgan fingerprint density at radius 3 is 3.23 bits per heavy atom. The van der Waals surface area contributed by atoms with Gasteiger partial charge in [0.2, 0.25) is 0 Å². The maximum atomic E-state index is 4.16. The van der Waals surface area contributed by atoms with Gasteiger partial charge in [0, 0.05) is 25.4 Å². The number of likely N-dealkylation sites (N-methyl/N-ethyl adjacent to an activating group) is 1. The highest BCUT2D eigenvalue weighted by Gasteiger charge is 2.09. The number of nitrogens with zero attached hydrogens (tertiary/aromatic N) is 3. The molecule has 0 aromatic carbocycles. The van der Waals surface area contributed by atoms with E-state index in [0.29, 0.717) is 0 Å². The van der Waals surface area contributed by atoms with E-state index in [1.165, 1.54) is 0 Å². The molecule has 67 valence electrons. The minimum atomic E-state index is 0.961. The summed E-state index contributed by atoms with van der Waals surface area (Å²) < 4.78 is 1.84. The second kappa shape index (κ2) is 3.47. The van der Waals surface area contributed by atoms with Crippen LogP contribution in [0.3, 0.4) is 0 Å². The Morgan fingerprint density at radius 1 is 1.62 bits per heavy atom. The van der Waals surface area contributed by atoms with Crippen molar-refractivity contribution in [2.75, 3.05) is 13.1 Å². The predicted molar refractivity (Wildman–Crippen MR) is 51.7 cm³/mol. The summed E-state index contributed by atoms with van der Waals surface area (Å²) in [6.07, 6.45) is 9.78. The van der Waals surface area contributed by atoms with E-state index >= 15 is 0 Å². The first kappa shape index (κ1) is 8.10. The quantitative estimate of drug-likeness (QED) is 0.675. The average Bonchev–Trinajstić information content (AvgIpc) is 2.70. The van der Waals surface area contributed by atoms with Crippen LogP contribution >= 0.6 is 0 Å². The van der Waals surface area contributed by atoms with Crippen LogP contribution in [-0.4, -0.2) is 27.8 Å². The minimum Gasteiger partial charge on any atom is -0.353 e. The highest BCUT2D eigenvalue weighted by molar-refractivity contribution is 5.47. The minimum absolute atomic E-state index is 0.961. The summed E-state index contributed by atoms with van der Waals surface area (Å²) in [4.78, 5) is 2.25. The molecule has 2 rings (SSSR count). The fourth-order valence-electron chi connectivity index (χ4n) is 1.41. The van der Waals surface area contributed by atoms with Gasteiger partial charge in [0.05, 0.1) is 6.20 Å². The summed E-state index contributed by atoms with van der Waals surface area (Å²) in [5.74, 6) is 1.12. The second-order valence-corrected chi connectivity index (χ2v) is 2.88. The SMILES string of the molecule is CCN1CC=CC=C1n1c[c]cn1. The summed E-state index contributed by atoms with van der Waals surface area (Å²) in [7, 11) is 0. The van der Waals surface area contributed by atoms with Crippen molar-refractivity contribution in [3.63, 3.8) is 0 Å². The molecule has 2 heterocycles. The molecule has 13 heavy (non-hydrogen) atoms. The standard InChI is InChI=1S/C10H12N3/c1-2-12-8-4-3-6-10(12)13-9-5-7-11-13/h3-4,6-7,9H,2,8H2,1H3. The van der Waals surface area contributed by atoms with E-state index in [4.69, 9.17) is 0 Å². The summed E-state index contributed by atoms with van der Waals surface area (Å²) in [6, 6.07) is 2.93. The monoisotopic (exact) mass is 174 g/mol. The lowest BCUT2D eigenvalue weighted by Gasteiger charge is -2.26. The Bertz CT molecular complexity index is 322. The molecule has 3 heteroatoms. The van der Waals surface area contributed by atoms with Crippen molar-refractivity contribution in [3.05, 3.63) is 36.7 Å². The lowest BCUT2D eigenvalue weighted by atomic mass is 10.3. The van der Waals surface area contributed by atoms with Gasteiger partial charge in [0.15, 0.2) is 0 Å². The van der Waals surface area contributed by atoms with E-state index in [1.54, 1.807) is 6.20 Å². The maximum absolute atomic E-state index is 4.16. The van der Waals surface area contributed by atoms with E-state index in [-0.39, 0.29) is 0 Å². The van der Waals surface area contributed by atoms with Crippen LogP contribution in [0.2, 0.25) is 0 Å². The number of hydrogen-bond acceptors (Lipinski definition) is 2. The van der Waals surface area contributed by atoms with Gasteiger partial charge >= 0.3 is 0 Å². The Morgan fingerprint density at radius 2 is 2.54 bits per heavy atom. The fourth-order valence-corrected chi connectivity index (χ4v) is 1.41. The van der Waals surface area contributed by atoms with Crippen LogP contribution in [0.25, 0.3) is 5.82 Å². The number of aromatic nitrogens is 2. The molecule has 0 aliphatic carbocycles. The van der Waals surface area contributed by atoms with E-state index in [2.05, 4.69) is 41.2 Å². The van der Waals surface area contributed by atoms with Crippen LogP contribution in [-0.2, 0) is 0 Å². The summed E-state index contributed by atoms with van der Waals surface area (Å²) >= 11 is 0. The number of rotatable bonds is 2. The molecule has 0 saturated carbocycles. The van der Waals surface area contributed by atoms with Crippen molar-refractivity contribution in [2.45, 2.75) is 6.92 Å². The lowest BCUT2D eigenvalue weighted by molar-refractivity contribution is 0.428. The largest absolute Gasteiger partial charge is 0.353 e. The third-order valence-electron chi connectivity index (χ3n) is 2.10. The highest BCUT2D eigenvalue weighted by Crippen LogP contribution is 2.13. The molecule has 3 nitrogen and oxygen atoms in total. The average molecular weight is 174 g/mol. The first-order chi connectivity index (χ1) is 6.42. The third-order valence-corrected chi connectivity index (χ3v) is 2.10. The smallest absolute Gasteiger partial charge is 0.130 e. The van der Waals surface area contributed by atoms with E-state index < -0.39 is 0 Å². The Balaban J connectivity index is 2.30. The summed E-state index contributed by atoms with van der Waals surface area (Å²) in [5, 5.41) is 4.16. The van der Waals surface area contributed by atoms with E-state index in [1.807, 2.05) is 10.9 Å².